The van der Waals surface area contributed by atoms with E-state index in [1.807, 2.05) is 56.4 Å². The number of aryl methyl sites for hydroxylation is 2. The summed E-state index contributed by atoms with van der Waals surface area (Å²) in [5.41, 5.74) is 2.69. The van der Waals surface area contributed by atoms with Crippen LogP contribution < -0.4 is 0 Å². The Morgan fingerprint density at radius 2 is 1.95 bits per heavy atom. The molecule has 0 radical (unpaired) electrons. The summed E-state index contributed by atoms with van der Waals surface area (Å²) in [5.74, 6) is 0. The predicted octanol–water partition coefficient (Wildman–Crippen LogP) is 3.22. The van der Waals surface area contributed by atoms with E-state index in [2.05, 4.69) is 10.1 Å². The Bertz CT molecular complexity index is 714. The minimum Gasteiger partial charge on any atom is -0.386 e. The quantitative estimate of drug-likeness (QED) is 0.804. The summed E-state index contributed by atoms with van der Waals surface area (Å²) in [5, 5.41) is 15.7. The second kappa shape index (κ2) is 5.79. The van der Waals surface area contributed by atoms with Crippen LogP contribution in [0.3, 0.4) is 0 Å². The fourth-order valence-electron chi connectivity index (χ4n) is 2.14. The zero-order valence-corrected chi connectivity index (χ0v) is 12.8. The van der Waals surface area contributed by atoms with Crippen LogP contribution in [0.2, 0.25) is 0 Å². The van der Waals surface area contributed by atoms with Crippen molar-refractivity contribution in [3.05, 3.63) is 63.9 Å². The van der Waals surface area contributed by atoms with E-state index in [1.54, 1.807) is 16.0 Å². The van der Waals surface area contributed by atoms with Gasteiger partial charge in [0.15, 0.2) is 0 Å². The number of aliphatic hydroxyl groups is 1. The molecule has 1 aromatic carbocycles. The SMILES string of the molecule is Cc1nc(CC(O)c2ccn(-c3ccccc3)n2)sc1C. The smallest absolute Gasteiger partial charge is 0.104 e. The van der Waals surface area contributed by atoms with Crippen LogP contribution in [0.5, 0.6) is 0 Å². The van der Waals surface area contributed by atoms with Crippen molar-refractivity contribution in [1.29, 1.82) is 0 Å². The Labute approximate surface area is 127 Å². The van der Waals surface area contributed by atoms with Gasteiger partial charge in [0.25, 0.3) is 0 Å². The van der Waals surface area contributed by atoms with E-state index in [-0.39, 0.29) is 0 Å². The monoisotopic (exact) mass is 299 g/mol. The Morgan fingerprint density at radius 3 is 2.62 bits per heavy atom. The molecule has 21 heavy (non-hydrogen) atoms. The van der Waals surface area contributed by atoms with Crippen LogP contribution >= 0.6 is 11.3 Å². The first-order chi connectivity index (χ1) is 10.1. The molecule has 2 aromatic heterocycles. The fourth-order valence-corrected chi connectivity index (χ4v) is 3.11. The van der Waals surface area contributed by atoms with Gasteiger partial charge in [0.2, 0.25) is 0 Å². The molecule has 0 bridgehead atoms. The van der Waals surface area contributed by atoms with Crippen LogP contribution in [0.4, 0.5) is 0 Å². The first kappa shape index (κ1) is 14.0. The molecule has 108 valence electrons. The lowest BCUT2D eigenvalue weighted by atomic mass is 10.2. The number of hydrogen-bond acceptors (Lipinski definition) is 4. The van der Waals surface area contributed by atoms with E-state index in [0.717, 1.165) is 16.4 Å². The van der Waals surface area contributed by atoms with E-state index in [1.165, 1.54) is 4.88 Å². The predicted molar refractivity (Wildman–Crippen MR) is 83.8 cm³/mol. The highest BCUT2D eigenvalue weighted by atomic mass is 32.1. The summed E-state index contributed by atoms with van der Waals surface area (Å²) in [4.78, 5) is 5.67. The normalized spacial score (nSPS) is 12.5. The Kier molecular flexibility index (Phi) is 3.86. The number of para-hydroxylation sites is 1. The topological polar surface area (TPSA) is 50.9 Å². The fraction of sp³-hybridized carbons (Fsp3) is 0.250. The number of nitrogens with zero attached hydrogens (tertiary/aromatic N) is 3. The lowest BCUT2D eigenvalue weighted by molar-refractivity contribution is 0.173. The molecule has 1 atom stereocenters. The van der Waals surface area contributed by atoms with Gasteiger partial charge in [-0.3, -0.25) is 0 Å². The maximum atomic E-state index is 10.3. The minimum absolute atomic E-state index is 0.505. The van der Waals surface area contributed by atoms with E-state index in [0.29, 0.717) is 12.1 Å². The van der Waals surface area contributed by atoms with Crippen LogP contribution in [0.15, 0.2) is 42.6 Å². The van der Waals surface area contributed by atoms with E-state index in [4.69, 9.17) is 0 Å². The molecule has 0 spiro atoms. The lowest BCUT2D eigenvalue weighted by Gasteiger charge is -2.05. The average Bonchev–Trinajstić information content (AvgIpc) is 3.08. The van der Waals surface area contributed by atoms with E-state index >= 15 is 0 Å². The summed E-state index contributed by atoms with van der Waals surface area (Å²) >= 11 is 1.63. The van der Waals surface area contributed by atoms with Gasteiger partial charge in [-0.1, -0.05) is 18.2 Å². The molecule has 1 N–H and O–H groups in total. The molecule has 0 fully saturated rings. The second-order valence-electron chi connectivity index (χ2n) is 4.99. The van der Waals surface area contributed by atoms with Crippen LogP contribution in [0, 0.1) is 13.8 Å². The second-order valence-corrected chi connectivity index (χ2v) is 6.28. The third-order valence-electron chi connectivity index (χ3n) is 3.41. The van der Waals surface area contributed by atoms with Crippen LogP contribution in [-0.2, 0) is 6.42 Å². The van der Waals surface area contributed by atoms with Gasteiger partial charge >= 0.3 is 0 Å². The Hall–Kier alpha value is -1.98. The number of benzene rings is 1. The molecular weight excluding hydrogens is 282 g/mol. The van der Waals surface area contributed by atoms with Crippen molar-refractivity contribution in [3.8, 4) is 5.69 Å². The number of aliphatic hydroxyl groups excluding tert-OH is 1. The molecule has 4 nitrogen and oxygen atoms in total. The molecule has 5 heteroatoms. The Balaban J connectivity index is 1.76. The van der Waals surface area contributed by atoms with Gasteiger partial charge < -0.3 is 5.11 Å². The molecular formula is C16H17N3OS. The lowest BCUT2D eigenvalue weighted by Crippen LogP contribution is -2.04. The van der Waals surface area contributed by atoms with Crippen LogP contribution in [0.25, 0.3) is 5.69 Å². The maximum absolute atomic E-state index is 10.3. The number of hydrogen-bond donors (Lipinski definition) is 1. The molecule has 0 aliphatic heterocycles. The van der Waals surface area contributed by atoms with Crippen LogP contribution in [-0.4, -0.2) is 19.9 Å². The summed E-state index contributed by atoms with van der Waals surface area (Å²) in [6, 6.07) is 11.7. The third-order valence-corrected chi connectivity index (χ3v) is 4.51. The van der Waals surface area contributed by atoms with Crippen molar-refractivity contribution in [2.75, 3.05) is 0 Å². The minimum atomic E-state index is -0.625. The molecule has 1 unspecified atom stereocenters. The summed E-state index contributed by atoms with van der Waals surface area (Å²) in [6.45, 7) is 4.04. The van der Waals surface area contributed by atoms with Crippen molar-refractivity contribution >= 4 is 11.3 Å². The summed E-state index contributed by atoms with van der Waals surface area (Å²) in [7, 11) is 0. The zero-order valence-electron chi connectivity index (χ0n) is 12.0. The van der Waals surface area contributed by atoms with Gasteiger partial charge in [-0.15, -0.1) is 11.3 Å². The van der Waals surface area contributed by atoms with Gasteiger partial charge in [0.05, 0.1) is 22.1 Å². The molecule has 0 aliphatic rings. The van der Waals surface area contributed by atoms with Crippen molar-refractivity contribution in [2.24, 2.45) is 0 Å². The van der Waals surface area contributed by atoms with Gasteiger partial charge in [0.1, 0.15) is 6.10 Å². The molecule has 0 saturated carbocycles. The summed E-state index contributed by atoms with van der Waals surface area (Å²) in [6.07, 6.45) is 1.75. The van der Waals surface area contributed by atoms with Gasteiger partial charge in [-0.05, 0) is 32.0 Å². The van der Waals surface area contributed by atoms with Crippen molar-refractivity contribution in [3.63, 3.8) is 0 Å². The molecule has 0 amide bonds. The van der Waals surface area contributed by atoms with Crippen molar-refractivity contribution in [1.82, 2.24) is 14.8 Å². The highest BCUT2D eigenvalue weighted by Gasteiger charge is 2.15. The van der Waals surface area contributed by atoms with Gasteiger partial charge in [-0.2, -0.15) is 5.10 Å². The first-order valence-electron chi connectivity index (χ1n) is 6.85. The van der Waals surface area contributed by atoms with E-state index < -0.39 is 6.10 Å². The molecule has 2 heterocycles. The standard InChI is InChI=1S/C16H17N3OS/c1-11-12(2)21-16(17-11)10-15(20)14-8-9-19(18-14)13-6-4-3-5-7-13/h3-9,15,20H,10H2,1-2H3. The average molecular weight is 299 g/mol. The number of aromatic nitrogens is 3. The molecule has 3 aromatic rings. The van der Waals surface area contributed by atoms with Crippen molar-refractivity contribution in [2.45, 2.75) is 26.4 Å². The first-order valence-corrected chi connectivity index (χ1v) is 7.67. The van der Waals surface area contributed by atoms with Gasteiger partial charge in [-0.25, -0.2) is 9.67 Å². The largest absolute Gasteiger partial charge is 0.386 e. The van der Waals surface area contributed by atoms with Crippen LogP contribution in [0.1, 0.15) is 27.4 Å². The zero-order chi connectivity index (χ0) is 14.8. The molecule has 0 saturated heterocycles. The van der Waals surface area contributed by atoms with E-state index in [9.17, 15) is 5.11 Å². The number of thiazole rings is 1. The maximum Gasteiger partial charge on any atom is 0.104 e. The van der Waals surface area contributed by atoms with Crippen molar-refractivity contribution < 1.29 is 5.11 Å². The molecule has 3 rings (SSSR count). The highest BCUT2D eigenvalue weighted by molar-refractivity contribution is 7.11. The third kappa shape index (κ3) is 3.04. The molecule has 0 aliphatic carbocycles. The highest BCUT2D eigenvalue weighted by Crippen LogP contribution is 2.23. The van der Waals surface area contributed by atoms with Gasteiger partial charge in [0, 0.05) is 17.5 Å². The Morgan fingerprint density at radius 1 is 1.19 bits per heavy atom. The summed E-state index contributed by atoms with van der Waals surface area (Å²) < 4.78 is 1.77. The number of rotatable bonds is 4.